The molecular weight excluding hydrogens is 254 g/mol. The molecule has 1 aliphatic heterocycles. The van der Waals surface area contributed by atoms with Gasteiger partial charge in [0, 0.05) is 30.6 Å². The molecule has 0 spiro atoms. The summed E-state index contributed by atoms with van der Waals surface area (Å²) >= 11 is 0. The van der Waals surface area contributed by atoms with Crippen LogP contribution in [0.15, 0.2) is 18.2 Å². The number of hydrogen-bond acceptors (Lipinski definition) is 3. The highest BCUT2D eigenvalue weighted by Crippen LogP contribution is 2.23. The fourth-order valence-corrected chi connectivity index (χ4v) is 2.36. The molecule has 0 radical (unpaired) electrons. The molecular formula is C16H19NO3. The SMILES string of the molecule is COc1ccc(C#CCO)cc1CN1CCCCC1=O. The summed E-state index contributed by atoms with van der Waals surface area (Å²) in [4.78, 5) is 13.7. The van der Waals surface area contributed by atoms with E-state index in [2.05, 4.69) is 11.8 Å². The number of carbonyl (C=O) groups excluding carboxylic acids is 1. The second kappa shape index (κ2) is 6.97. The van der Waals surface area contributed by atoms with Crippen LogP contribution in [0.1, 0.15) is 30.4 Å². The molecule has 0 atom stereocenters. The van der Waals surface area contributed by atoms with E-state index in [9.17, 15) is 4.79 Å². The van der Waals surface area contributed by atoms with Gasteiger partial charge in [-0.15, -0.1) is 0 Å². The van der Waals surface area contributed by atoms with E-state index >= 15 is 0 Å². The van der Waals surface area contributed by atoms with Gasteiger partial charge < -0.3 is 14.7 Å². The van der Waals surface area contributed by atoms with Crippen molar-refractivity contribution in [1.82, 2.24) is 4.90 Å². The van der Waals surface area contributed by atoms with E-state index in [-0.39, 0.29) is 12.5 Å². The van der Waals surface area contributed by atoms with Crippen LogP contribution in [0.2, 0.25) is 0 Å². The summed E-state index contributed by atoms with van der Waals surface area (Å²) in [5.74, 6) is 6.46. The van der Waals surface area contributed by atoms with Crippen LogP contribution in [-0.2, 0) is 11.3 Å². The molecule has 1 fully saturated rings. The van der Waals surface area contributed by atoms with Gasteiger partial charge in [0.05, 0.1) is 7.11 Å². The Morgan fingerprint density at radius 2 is 2.25 bits per heavy atom. The maximum Gasteiger partial charge on any atom is 0.222 e. The number of amides is 1. The van der Waals surface area contributed by atoms with Gasteiger partial charge in [-0.1, -0.05) is 11.8 Å². The minimum atomic E-state index is -0.161. The molecule has 1 amide bonds. The van der Waals surface area contributed by atoms with E-state index < -0.39 is 0 Å². The van der Waals surface area contributed by atoms with Crippen LogP contribution in [0, 0.1) is 11.8 Å². The number of piperidine rings is 1. The minimum Gasteiger partial charge on any atom is -0.496 e. The number of methoxy groups -OCH3 is 1. The van der Waals surface area contributed by atoms with Crippen molar-refractivity contribution in [3.05, 3.63) is 29.3 Å². The average molecular weight is 273 g/mol. The van der Waals surface area contributed by atoms with E-state index in [0.29, 0.717) is 13.0 Å². The van der Waals surface area contributed by atoms with Gasteiger partial charge in [0.2, 0.25) is 5.91 Å². The largest absolute Gasteiger partial charge is 0.496 e. The number of likely N-dealkylation sites (tertiary alicyclic amines) is 1. The Hall–Kier alpha value is -1.99. The number of nitrogens with zero attached hydrogens (tertiary/aromatic N) is 1. The molecule has 4 heteroatoms. The van der Waals surface area contributed by atoms with E-state index in [0.717, 1.165) is 36.3 Å². The van der Waals surface area contributed by atoms with Crippen LogP contribution in [0.3, 0.4) is 0 Å². The molecule has 4 nitrogen and oxygen atoms in total. The van der Waals surface area contributed by atoms with Gasteiger partial charge in [0.25, 0.3) is 0 Å². The average Bonchev–Trinajstić information content (AvgIpc) is 2.48. The summed E-state index contributed by atoms with van der Waals surface area (Å²) in [5.41, 5.74) is 1.77. The summed E-state index contributed by atoms with van der Waals surface area (Å²) in [7, 11) is 1.62. The maximum atomic E-state index is 11.9. The monoisotopic (exact) mass is 273 g/mol. The van der Waals surface area contributed by atoms with Gasteiger partial charge in [-0.25, -0.2) is 0 Å². The van der Waals surface area contributed by atoms with E-state index in [4.69, 9.17) is 9.84 Å². The molecule has 0 bridgehead atoms. The predicted molar refractivity (Wildman–Crippen MR) is 76.2 cm³/mol. The van der Waals surface area contributed by atoms with Gasteiger partial charge in [-0.2, -0.15) is 0 Å². The fraction of sp³-hybridized carbons (Fsp3) is 0.438. The molecule has 1 aromatic rings. The molecule has 0 unspecified atom stereocenters. The predicted octanol–water partition coefficient (Wildman–Crippen LogP) is 1.55. The highest BCUT2D eigenvalue weighted by atomic mass is 16.5. The van der Waals surface area contributed by atoms with Crippen LogP contribution in [0.5, 0.6) is 5.75 Å². The molecule has 106 valence electrons. The lowest BCUT2D eigenvalue weighted by molar-refractivity contribution is -0.133. The molecule has 0 saturated carbocycles. The van der Waals surface area contributed by atoms with Gasteiger partial charge in [-0.3, -0.25) is 4.79 Å². The second-order valence-electron chi connectivity index (χ2n) is 4.76. The van der Waals surface area contributed by atoms with Crippen LogP contribution in [0.4, 0.5) is 0 Å². The van der Waals surface area contributed by atoms with E-state index in [1.807, 2.05) is 23.1 Å². The first-order valence-corrected chi connectivity index (χ1v) is 6.79. The Balaban J connectivity index is 2.21. The summed E-state index contributed by atoms with van der Waals surface area (Å²) < 4.78 is 5.35. The van der Waals surface area contributed by atoms with Crippen molar-refractivity contribution in [2.45, 2.75) is 25.8 Å². The van der Waals surface area contributed by atoms with Crippen molar-refractivity contribution >= 4 is 5.91 Å². The first-order chi connectivity index (χ1) is 9.74. The molecule has 1 heterocycles. The number of hydrogen-bond donors (Lipinski definition) is 1. The number of aliphatic hydroxyl groups is 1. The Kier molecular flexibility index (Phi) is 5.03. The Morgan fingerprint density at radius 1 is 1.40 bits per heavy atom. The second-order valence-corrected chi connectivity index (χ2v) is 4.76. The summed E-state index contributed by atoms with van der Waals surface area (Å²) in [6.07, 6.45) is 2.67. The molecule has 1 aromatic carbocycles. The van der Waals surface area contributed by atoms with Crippen molar-refractivity contribution in [2.75, 3.05) is 20.3 Å². The van der Waals surface area contributed by atoms with E-state index in [1.165, 1.54) is 0 Å². The maximum absolute atomic E-state index is 11.9. The van der Waals surface area contributed by atoms with Gasteiger partial charge in [-0.05, 0) is 31.0 Å². The molecule has 1 aliphatic rings. The molecule has 2 rings (SSSR count). The van der Waals surface area contributed by atoms with Crippen molar-refractivity contribution in [1.29, 1.82) is 0 Å². The van der Waals surface area contributed by atoms with Crippen LogP contribution in [-0.4, -0.2) is 36.2 Å². The van der Waals surface area contributed by atoms with Crippen molar-refractivity contribution < 1.29 is 14.6 Å². The summed E-state index contributed by atoms with van der Waals surface area (Å²) in [5, 5.41) is 8.74. The fourth-order valence-electron chi connectivity index (χ4n) is 2.36. The smallest absolute Gasteiger partial charge is 0.222 e. The van der Waals surface area contributed by atoms with E-state index in [1.54, 1.807) is 7.11 Å². The third kappa shape index (κ3) is 3.52. The number of aliphatic hydroxyl groups excluding tert-OH is 1. The van der Waals surface area contributed by atoms with Crippen molar-refractivity contribution in [2.24, 2.45) is 0 Å². The number of rotatable bonds is 3. The Labute approximate surface area is 119 Å². The number of benzene rings is 1. The molecule has 20 heavy (non-hydrogen) atoms. The van der Waals surface area contributed by atoms with Crippen molar-refractivity contribution in [3.63, 3.8) is 0 Å². The van der Waals surface area contributed by atoms with Crippen LogP contribution in [0.25, 0.3) is 0 Å². The van der Waals surface area contributed by atoms with Gasteiger partial charge in [0.15, 0.2) is 0 Å². The van der Waals surface area contributed by atoms with Crippen molar-refractivity contribution in [3.8, 4) is 17.6 Å². The third-order valence-corrected chi connectivity index (χ3v) is 3.37. The summed E-state index contributed by atoms with van der Waals surface area (Å²) in [6, 6.07) is 5.62. The lowest BCUT2D eigenvalue weighted by Crippen LogP contribution is -2.34. The zero-order chi connectivity index (χ0) is 14.4. The first-order valence-electron chi connectivity index (χ1n) is 6.79. The molecule has 0 aromatic heterocycles. The Bertz CT molecular complexity index is 542. The standard InChI is InChI=1S/C16H19NO3/c1-20-15-8-7-13(5-4-10-18)11-14(15)12-17-9-3-2-6-16(17)19/h7-8,11,18H,2-3,6,9-10,12H2,1H3. The molecule has 0 aliphatic carbocycles. The lowest BCUT2D eigenvalue weighted by atomic mass is 10.1. The highest BCUT2D eigenvalue weighted by Gasteiger charge is 2.19. The minimum absolute atomic E-state index is 0.161. The van der Waals surface area contributed by atoms with Gasteiger partial charge >= 0.3 is 0 Å². The lowest BCUT2D eigenvalue weighted by Gasteiger charge is -2.27. The quantitative estimate of drug-likeness (QED) is 0.850. The number of carbonyl (C=O) groups is 1. The molecule has 1 N–H and O–H groups in total. The first kappa shape index (κ1) is 14.4. The summed E-state index contributed by atoms with van der Waals surface area (Å²) in [6.45, 7) is 1.19. The topological polar surface area (TPSA) is 49.8 Å². The Morgan fingerprint density at radius 3 is 2.95 bits per heavy atom. The number of ether oxygens (including phenoxy) is 1. The third-order valence-electron chi connectivity index (χ3n) is 3.37. The normalized spacial score (nSPS) is 14.7. The highest BCUT2D eigenvalue weighted by molar-refractivity contribution is 5.76. The van der Waals surface area contributed by atoms with Crippen LogP contribution >= 0.6 is 0 Å². The zero-order valence-corrected chi connectivity index (χ0v) is 11.7. The van der Waals surface area contributed by atoms with Crippen LogP contribution < -0.4 is 4.74 Å². The zero-order valence-electron chi connectivity index (χ0n) is 11.7. The van der Waals surface area contributed by atoms with Gasteiger partial charge in [0.1, 0.15) is 12.4 Å². The molecule has 1 saturated heterocycles.